The molecule has 0 aromatic heterocycles. The third-order valence-corrected chi connectivity index (χ3v) is 3.51. The average molecular weight is 238 g/mol. The Labute approximate surface area is 106 Å². The predicted octanol–water partition coefficient (Wildman–Crippen LogP) is 3.59. The van der Waals surface area contributed by atoms with Gasteiger partial charge in [0.15, 0.2) is 0 Å². The predicted molar refractivity (Wildman–Crippen MR) is 73.4 cm³/mol. The van der Waals surface area contributed by atoms with Gasteiger partial charge in [0.25, 0.3) is 0 Å². The standard InChI is InChI=1S/C15H28NO/c1-16(13-9-10-14-16)12-8-6-4-2-3-5-7-11-15-17/h9-10,13-14,17H,2-8,11-12,15H2,1H3/q+1. The van der Waals surface area contributed by atoms with Crippen LogP contribution in [0.3, 0.4) is 0 Å². The summed E-state index contributed by atoms with van der Waals surface area (Å²) < 4.78 is 0.983. The molecule has 0 aromatic rings. The van der Waals surface area contributed by atoms with Crippen molar-refractivity contribution < 1.29 is 9.59 Å². The zero-order chi connectivity index (χ0) is 12.4. The third kappa shape index (κ3) is 6.64. The van der Waals surface area contributed by atoms with Crippen LogP contribution in [0.4, 0.5) is 0 Å². The van der Waals surface area contributed by atoms with Crippen molar-refractivity contribution in [2.45, 2.75) is 51.4 Å². The minimum Gasteiger partial charge on any atom is -0.396 e. The van der Waals surface area contributed by atoms with Gasteiger partial charge in [-0.15, -0.1) is 0 Å². The molecule has 1 heterocycles. The summed E-state index contributed by atoms with van der Waals surface area (Å²) in [7, 11) is 2.26. The van der Waals surface area contributed by atoms with Gasteiger partial charge < -0.3 is 5.11 Å². The van der Waals surface area contributed by atoms with E-state index in [4.69, 9.17) is 5.11 Å². The minimum atomic E-state index is 0.359. The third-order valence-electron chi connectivity index (χ3n) is 3.51. The van der Waals surface area contributed by atoms with Gasteiger partial charge in [-0.25, -0.2) is 0 Å². The van der Waals surface area contributed by atoms with Crippen molar-refractivity contribution in [1.82, 2.24) is 0 Å². The summed E-state index contributed by atoms with van der Waals surface area (Å²) in [5.41, 5.74) is 0. The molecule has 1 aliphatic rings. The normalized spacial score (nSPS) is 16.8. The molecule has 0 amide bonds. The number of hydrogen-bond donors (Lipinski definition) is 1. The van der Waals surface area contributed by atoms with Gasteiger partial charge in [-0.2, -0.15) is 0 Å². The highest BCUT2D eigenvalue weighted by Gasteiger charge is 2.16. The molecule has 0 unspecified atom stereocenters. The van der Waals surface area contributed by atoms with Gasteiger partial charge in [-0.05, 0) is 31.4 Å². The molecular formula is C15H28NO+. The van der Waals surface area contributed by atoms with E-state index in [1.54, 1.807) is 0 Å². The van der Waals surface area contributed by atoms with Crippen LogP contribution in [0.25, 0.3) is 0 Å². The van der Waals surface area contributed by atoms with E-state index in [0.29, 0.717) is 6.61 Å². The molecule has 0 saturated heterocycles. The maximum absolute atomic E-state index is 8.65. The molecule has 0 fully saturated rings. The fourth-order valence-electron chi connectivity index (χ4n) is 2.32. The molecule has 0 radical (unpaired) electrons. The van der Waals surface area contributed by atoms with Crippen LogP contribution < -0.4 is 0 Å². The van der Waals surface area contributed by atoms with Crippen molar-refractivity contribution in [3.63, 3.8) is 0 Å². The lowest BCUT2D eigenvalue weighted by molar-refractivity contribution is -0.804. The van der Waals surface area contributed by atoms with E-state index in [0.717, 1.165) is 10.9 Å². The van der Waals surface area contributed by atoms with E-state index in [1.165, 1.54) is 51.5 Å². The smallest absolute Gasteiger partial charge is 0.100 e. The second kappa shape index (κ2) is 8.48. The monoisotopic (exact) mass is 238 g/mol. The summed E-state index contributed by atoms with van der Waals surface area (Å²) in [6, 6.07) is 0. The van der Waals surface area contributed by atoms with Crippen molar-refractivity contribution in [3.05, 3.63) is 24.6 Å². The first kappa shape index (κ1) is 14.5. The Bertz CT molecular complexity index is 233. The van der Waals surface area contributed by atoms with Gasteiger partial charge in [-0.1, -0.05) is 32.1 Å². The van der Waals surface area contributed by atoms with Crippen molar-refractivity contribution in [3.8, 4) is 0 Å². The van der Waals surface area contributed by atoms with Crippen molar-refractivity contribution >= 4 is 0 Å². The molecule has 2 heteroatoms. The van der Waals surface area contributed by atoms with E-state index in [9.17, 15) is 0 Å². The van der Waals surface area contributed by atoms with E-state index in [1.807, 2.05) is 0 Å². The second-order valence-electron chi connectivity index (χ2n) is 5.31. The number of hydrogen-bond acceptors (Lipinski definition) is 1. The molecule has 0 aliphatic carbocycles. The van der Waals surface area contributed by atoms with Gasteiger partial charge in [0.2, 0.25) is 0 Å². The summed E-state index contributed by atoms with van der Waals surface area (Å²) in [6.45, 7) is 1.59. The number of rotatable bonds is 10. The lowest BCUT2D eigenvalue weighted by Crippen LogP contribution is -2.31. The molecule has 0 spiro atoms. The van der Waals surface area contributed by atoms with Gasteiger partial charge >= 0.3 is 0 Å². The summed E-state index contributed by atoms with van der Waals surface area (Å²) in [6.07, 6.45) is 19.0. The van der Waals surface area contributed by atoms with Crippen LogP contribution in [0.5, 0.6) is 0 Å². The molecule has 0 saturated carbocycles. The zero-order valence-corrected chi connectivity index (χ0v) is 11.3. The van der Waals surface area contributed by atoms with Crippen LogP contribution in [-0.4, -0.2) is 29.8 Å². The van der Waals surface area contributed by atoms with Gasteiger partial charge in [0, 0.05) is 6.61 Å². The summed E-state index contributed by atoms with van der Waals surface area (Å²) >= 11 is 0. The van der Waals surface area contributed by atoms with Gasteiger partial charge in [0.1, 0.15) is 12.4 Å². The Hall–Kier alpha value is -0.600. The number of nitrogens with zero attached hydrogens (tertiary/aromatic N) is 1. The Morgan fingerprint density at radius 3 is 1.76 bits per heavy atom. The van der Waals surface area contributed by atoms with E-state index >= 15 is 0 Å². The van der Waals surface area contributed by atoms with Crippen LogP contribution in [0.15, 0.2) is 24.6 Å². The lowest BCUT2D eigenvalue weighted by Gasteiger charge is -2.22. The molecule has 0 aromatic carbocycles. The van der Waals surface area contributed by atoms with E-state index < -0.39 is 0 Å². The quantitative estimate of drug-likeness (QED) is 0.455. The Kier molecular flexibility index (Phi) is 7.22. The van der Waals surface area contributed by atoms with Crippen LogP contribution in [-0.2, 0) is 0 Å². The highest BCUT2D eigenvalue weighted by Crippen LogP contribution is 2.15. The highest BCUT2D eigenvalue weighted by molar-refractivity contribution is 5.03. The van der Waals surface area contributed by atoms with Gasteiger partial charge in [-0.3, -0.25) is 4.48 Å². The number of aliphatic hydroxyl groups is 1. The number of unbranched alkanes of at least 4 members (excludes halogenated alkanes) is 7. The lowest BCUT2D eigenvalue weighted by atomic mass is 10.1. The second-order valence-corrected chi connectivity index (χ2v) is 5.31. The van der Waals surface area contributed by atoms with Crippen LogP contribution in [0, 0.1) is 0 Å². The first-order valence-corrected chi connectivity index (χ1v) is 7.10. The molecule has 1 aliphatic heterocycles. The molecule has 17 heavy (non-hydrogen) atoms. The average Bonchev–Trinajstić information content (AvgIpc) is 2.74. The summed E-state index contributed by atoms with van der Waals surface area (Å²) in [5.74, 6) is 0. The maximum Gasteiger partial charge on any atom is 0.100 e. The molecule has 0 bridgehead atoms. The fraction of sp³-hybridized carbons (Fsp3) is 0.733. The first-order valence-electron chi connectivity index (χ1n) is 7.10. The Balaban J connectivity index is 1.85. The summed E-state index contributed by atoms with van der Waals surface area (Å²) in [4.78, 5) is 0. The Morgan fingerprint density at radius 2 is 1.24 bits per heavy atom. The molecule has 1 rings (SSSR count). The maximum atomic E-state index is 8.65. The molecule has 1 N–H and O–H groups in total. The van der Waals surface area contributed by atoms with Crippen LogP contribution >= 0.6 is 0 Å². The number of aliphatic hydroxyl groups excluding tert-OH is 1. The van der Waals surface area contributed by atoms with E-state index in [2.05, 4.69) is 31.6 Å². The van der Waals surface area contributed by atoms with Gasteiger partial charge in [0.05, 0.1) is 13.6 Å². The largest absolute Gasteiger partial charge is 0.396 e. The fourth-order valence-corrected chi connectivity index (χ4v) is 2.32. The molecule has 98 valence electrons. The van der Waals surface area contributed by atoms with E-state index in [-0.39, 0.29) is 0 Å². The summed E-state index contributed by atoms with van der Waals surface area (Å²) in [5, 5.41) is 8.65. The zero-order valence-electron chi connectivity index (χ0n) is 11.3. The topological polar surface area (TPSA) is 20.2 Å². The van der Waals surface area contributed by atoms with Crippen molar-refractivity contribution in [2.75, 3.05) is 20.2 Å². The SMILES string of the molecule is C[N+]1(CCCCCCCCCCO)C=CC=C1. The van der Waals surface area contributed by atoms with Crippen LogP contribution in [0.1, 0.15) is 51.4 Å². The number of quaternary nitrogens is 1. The highest BCUT2D eigenvalue weighted by atomic mass is 16.2. The van der Waals surface area contributed by atoms with Crippen LogP contribution in [0.2, 0.25) is 0 Å². The number of allylic oxidation sites excluding steroid dienone is 2. The van der Waals surface area contributed by atoms with Crippen molar-refractivity contribution in [1.29, 1.82) is 0 Å². The first-order chi connectivity index (χ1) is 8.27. The molecular weight excluding hydrogens is 210 g/mol. The minimum absolute atomic E-state index is 0.359. The molecule has 2 nitrogen and oxygen atoms in total. The molecule has 0 atom stereocenters. The Morgan fingerprint density at radius 1 is 0.765 bits per heavy atom. The van der Waals surface area contributed by atoms with Crippen molar-refractivity contribution in [2.24, 2.45) is 0 Å².